The molecule has 1 N–H and O–H groups in total. The Morgan fingerprint density at radius 1 is 1.44 bits per heavy atom. The fourth-order valence-corrected chi connectivity index (χ4v) is 3.21. The maximum Gasteiger partial charge on any atom is 0.271 e. The largest absolute Gasteiger partial charge is 0.376 e. The third-order valence-electron chi connectivity index (χ3n) is 3.98. The van der Waals surface area contributed by atoms with E-state index in [4.69, 9.17) is 11.6 Å². The van der Waals surface area contributed by atoms with E-state index in [1.54, 1.807) is 6.20 Å². The molecule has 1 amide bonds. The molecule has 8 heteroatoms. The number of anilines is 1. The Bertz CT molecular complexity index is 747. The van der Waals surface area contributed by atoms with Crippen molar-refractivity contribution in [2.75, 3.05) is 18.4 Å². The van der Waals surface area contributed by atoms with Gasteiger partial charge in [-0.1, -0.05) is 25.4 Å². The van der Waals surface area contributed by atoms with Crippen LogP contribution in [-0.4, -0.2) is 28.8 Å². The van der Waals surface area contributed by atoms with Crippen molar-refractivity contribution in [3.63, 3.8) is 0 Å². The third kappa shape index (κ3) is 4.94. The van der Waals surface area contributed by atoms with E-state index in [0.29, 0.717) is 11.8 Å². The molecule has 1 aromatic rings. The minimum atomic E-state index is -0.643. The lowest BCUT2D eigenvalue weighted by Crippen LogP contribution is -2.35. The van der Waals surface area contributed by atoms with Crippen LogP contribution in [0.2, 0.25) is 5.02 Å². The first-order chi connectivity index (χ1) is 11.8. The molecule has 1 aromatic carbocycles. The molecule has 2 unspecified atom stereocenters. The van der Waals surface area contributed by atoms with Crippen LogP contribution < -0.4 is 5.32 Å². The molecular formula is C17H19ClN4O3. The van der Waals surface area contributed by atoms with Gasteiger partial charge in [0.25, 0.3) is 11.6 Å². The number of non-ortho nitro benzene ring substituents is 1. The summed E-state index contributed by atoms with van der Waals surface area (Å²) in [5.41, 5.74) is -0.160. The van der Waals surface area contributed by atoms with E-state index in [2.05, 4.69) is 19.2 Å². The van der Waals surface area contributed by atoms with Crippen molar-refractivity contribution in [1.29, 1.82) is 5.26 Å². The number of amides is 1. The average molecular weight is 363 g/mol. The molecule has 1 heterocycles. The summed E-state index contributed by atoms with van der Waals surface area (Å²) in [7, 11) is 0. The molecule has 2 rings (SSSR count). The monoisotopic (exact) mass is 362 g/mol. The summed E-state index contributed by atoms with van der Waals surface area (Å²) in [5.74, 6) is 0.319. The van der Waals surface area contributed by atoms with E-state index < -0.39 is 10.8 Å². The van der Waals surface area contributed by atoms with Gasteiger partial charge >= 0.3 is 0 Å². The zero-order chi connectivity index (χ0) is 18.6. The maximum atomic E-state index is 12.4. The Hall–Kier alpha value is -2.59. The quantitative estimate of drug-likeness (QED) is 0.382. The molecule has 0 bridgehead atoms. The van der Waals surface area contributed by atoms with Gasteiger partial charge in [-0.3, -0.25) is 14.9 Å². The van der Waals surface area contributed by atoms with Crippen molar-refractivity contribution in [3.05, 3.63) is 45.1 Å². The highest BCUT2D eigenvalue weighted by Gasteiger charge is 2.22. The second-order valence-corrected chi connectivity index (χ2v) is 6.84. The normalized spacial score (nSPS) is 20.7. The van der Waals surface area contributed by atoms with Gasteiger partial charge in [0.1, 0.15) is 11.6 Å². The molecule has 1 saturated heterocycles. The van der Waals surface area contributed by atoms with Crippen LogP contribution in [0, 0.1) is 33.3 Å². The topological polar surface area (TPSA) is 99.3 Å². The van der Waals surface area contributed by atoms with Crippen LogP contribution in [-0.2, 0) is 4.79 Å². The average Bonchev–Trinajstić information content (AvgIpc) is 2.53. The van der Waals surface area contributed by atoms with Gasteiger partial charge in [-0.05, 0) is 24.3 Å². The fraction of sp³-hybridized carbons (Fsp3) is 0.412. The standard InChI is InChI=1S/C17H19ClN4O3/c1-11-5-12(2)9-21(8-11)10-13(7-19)17(23)20-16-6-14(22(24)25)3-4-15(16)18/h3-4,6,10-12H,5,8-9H2,1-2H3,(H,20,23)/b13-10-. The number of hydrogen-bond donors (Lipinski definition) is 1. The number of hydrogen-bond acceptors (Lipinski definition) is 5. The van der Waals surface area contributed by atoms with Crippen molar-refractivity contribution in [1.82, 2.24) is 4.90 Å². The Balaban J connectivity index is 2.18. The van der Waals surface area contributed by atoms with Gasteiger partial charge in [-0.15, -0.1) is 0 Å². The fourth-order valence-electron chi connectivity index (χ4n) is 3.05. The molecule has 0 saturated carbocycles. The summed E-state index contributed by atoms with van der Waals surface area (Å²) in [4.78, 5) is 24.6. The highest BCUT2D eigenvalue weighted by molar-refractivity contribution is 6.34. The Labute approximate surface area is 151 Å². The minimum absolute atomic E-state index is 0.0659. The lowest BCUT2D eigenvalue weighted by atomic mass is 9.92. The molecule has 1 aliphatic rings. The number of piperidine rings is 1. The maximum absolute atomic E-state index is 12.4. The van der Waals surface area contributed by atoms with Gasteiger partial charge in [-0.25, -0.2) is 0 Å². The van der Waals surface area contributed by atoms with E-state index in [1.165, 1.54) is 18.2 Å². The summed E-state index contributed by atoms with van der Waals surface area (Å²) in [6.07, 6.45) is 2.66. The summed E-state index contributed by atoms with van der Waals surface area (Å²) >= 11 is 5.97. The molecule has 0 aliphatic carbocycles. The first-order valence-electron chi connectivity index (χ1n) is 7.91. The molecule has 132 valence electrons. The van der Waals surface area contributed by atoms with Crippen molar-refractivity contribution in [2.24, 2.45) is 11.8 Å². The predicted octanol–water partition coefficient (Wildman–Crippen LogP) is 3.57. The number of rotatable bonds is 4. The second kappa shape index (κ2) is 7.99. The number of carbonyl (C=O) groups is 1. The summed E-state index contributed by atoms with van der Waals surface area (Å²) < 4.78 is 0. The number of nitriles is 1. The van der Waals surface area contributed by atoms with E-state index in [0.717, 1.165) is 19.5 Å². The zero-order valence-corrected chi connectivity index (χ0v) is 14.8. The van der Waals surface area contributed by atoms with Gasteiger partial charge in [-0.2, -0.15) is 5.26 Å². The lowest BCUT2D eigenvalue weighted by molar-refractivity contribution is -0.384. The van der Waals surface area contributed by atoms with E-state index >= 15 is 0 Å². The first-order valence-corrected chi connectivity index (χ1v) is 8.29. The molecule has 0 radical (unpaired) electrons. The summed E-state index contributed by atoms with van der Waals surface area (Å²) in [5, 5.41) is 22.8. The molecule has 2 atom stereocenters. The number of benzene rings is 1. The number of carbonyl (C=O) groups excluding carboxylic acids is 1. The minimum Gasteiger partial charge on any atom is -0.376 e. The summed E-state index contributed by atoms with van der Waals surface area (Å²) in [6, 6.07) is 5.63. The van der Waals surface area contributed by atoms with Crippen LogP contribution >= 0.6 is 11.6 Å². The van der Waals surface area contributed by atoms with E-state index in [9.17, 15) is 20.2 Å². The molecule has 1 aliphatic heterocycles. The Kier molecular flexibility index (Phi) is 5.99. The van der Waals surface area contributed by atoms with Crippen LogP contribution in [0.5, 0.6) is 0 Å². The Morgan fingerprint density at radius 3 is 2.64 bits per heavy atom. The van der Waals surface area contributed by atoms with Crippen LogP contribution in [0.1, 0.15) is 20.3 Å². The van der Waals surface area contributed by atoms with Crippen molar-refractivity contribution < 1.29 is 9.72 Å². The molecule has 7 nitrogen and oxygen atoms in total. The molecule has 1 fully saturated rings. The number of halogens is 1. The predicted molar refractivity (Wildman–Crippen MR) is 95.0 cm³/mol. The van der Waals surface area contributed by atoms with Gasteiger partial charge in [0.2, 0.25) is 0 Å². The van der Waals surface area contributed by atoms with Crippen LogP contribution in [0.15, 0.2) is 30.0 Å². The number of nitrogens with one attached hydrogen (secondary N) is 1. The molecule has 25 heavy (non-hydrogen) atoms. The zero-order valence-electron chi connectivity index (χ0n) is 14.0. The first kappa shape index (κ1) is 18.7. The number of nitro groups is 1. The highest BCUT2D eigenvalue weighted by Crippen LogP contribution is 2.27. The summed E-state index contributed by atoms with van der Waals surface area (Å²) in [6.45, 7) is 5.82. The van der Waals surface area contributed by atoms with Crippen molar-refractivity contribution in [3.8, 4) is 6.07 Å². The van der Waals surface area contributed by atoms with E-state index in [-0.39, 0.29) is 22.0 Å². The van der Waals surface area contributed by atoms with Crippen LogP contribution in [0.3, 0.4) is 0 Å². The van der Waals surface area contributed by atoms with Crippen molar-refractivity contribution in [2.45, 2.75) is 20.3 Å². The van der Waals surface area contributed by atoms with Crippen molar-refractivity contribution >= 4 is 28.9 Å². The van der Waals surface area contributed by atoms with Gasteiger partial charge in [0.15, 0.2) is 0 Å². The van der Waals surface area contributed by atoms with Gasteiger partial charge in [0, 0.05) is 31.4 Å². The van der Waals surface area contributed by atoms with Gasteiger partial charge in [0.05, 0.1) is 15.6 Å². The molecule has 0 aromatic heterocycles. The molecule has 0 spiro atoms. The van der Waals surface area contributed by atoms with Gasteiger partial charge < -0.3 is 10.2 Å². The molecular weight excluding hydrogens is 344 g/mol. The lowest BCUT2D eigenvalue weighted by Gasteiger charge is -2.34. The van der Waals surface area contributed by atoms with E-state index in [1.807, 2.05) is 11.0 Å². The van der Waals surface area contributed by atoms with Crippen LogP contribution in [0.25, 0.3) is 0 Å². The second-order valence-electron chi connectivity index (χ2n) is 6.43. The number of nitro benzene ring substituents is 1. The number of likely N-dealkylation sites (tertiary alicyclic amines) is 1. The van der Waals surface area contributed by atoms with Crippen LogP contribution in [0.4, 0.5) is 11.4 Å². The smallest absolute Gasteiger partial charge is 0.271 e. The SMILES string of the molecule is CC1CC(C)CN(/C=C(/C#N)C(=O)Nc2cc([N+](=O)[O-])ccc2Cl)C1. The Morgan fingerprint density at radius 2 is 2.08 bits per heavy atom. The third-order valence-corrected chi connectivity index (χ3v) is 4.31. The highest BCUT2D eigenvalue weighted by atomic mass is 35.5. The number of nitrogens with zero attached hydrogens (tertiary/aromatic N) is 3.